The third kappa shape index (κ3) is 2.62. The zero-order valence-corrected chi connectivity index (χ0v) is 13.2. The van der Waals surface area contributed by atoms with E-state index in [-0.39, 0.29) is 17.4 Å². The van der Waals surface area contributed by atoms with E-state index in [1.807, 2.05) is 30.3 Å². The second-order valence-electron chi connectivity index (χ2n) is 5.51. The lowest BCUT2D eigenvalue weighted by atomic mass is 9.87. The number of fused-ring (bicyclic) bond motifs is 1. The number of benzene rings is 2. The van der Waals surface area contributed by atoms with Crippen molar-refractivity contribution in [3.05, 3.63) is 53.1 Å². The van der Waals surface area contributed by atoms with Crippen molar-refractivity contribution >= 4 is 10.8 Å². The van der Waals surface area contributed by atoms with E-state index in [2.05, 4.69) is 5.32 Å². The lowest BCUT2D eigenvalue weighted by Gasteiger charge is -2.21. The smallest absolute Gasteiger partial charge is 0.174 e. The normalized spacial score (nSPS) is 19.2. The minimum absolute atomic E-state index is 0.0625. The summed E-state index contributed by atoms with van der Waals surface area (Å²) in [7, 11) is -1.36. The van der Waals surface area contributed by atoms with Crippen LogP contribution in [0.4, 0.5) is 0 Å². The first-order valence-electron chi connectivity index (χ1n) is 7.26. The molecule has 0 saturated carbocycles. The Bertz CT molecular complexity index is 716. The maximum absolute atomic E-state index is 12.1. The van der Waals surface area contributed by atoms with Crippen LogP contribution in [0.1, 0.15) is 22.6 Å². The fourth-order valence-electron chi connectivity index (χ4n) is 3.12. The zero-order chi connectivity index (χ0) is 15.7. The molecular weight excluding hydrogens is 298 g/mol. The first-order valence-corrected chi connectivity index (χ1v) is 8.82. The van der Waals surface area contributed by atoms with Crippen molar-refractivity contribution in [2.24, 2.45) is 0 Å². The van der Waals surface area contributed by atoms with Crippen LogP contribution in [0.2, 0.25) is 0 Å². The summed E-state index contributed by atoms with van der Waals surface area (Å²) in [6, 6.07) is 11.7. The summed E-state index contributed by atoms with van der Waals surface area (Å²) in [4.78, 5) is 0.361. The Kier molecular flexibility index (Phi) is 4.18. The Balaban J connectivity index is 2.23. The fraction of sp³-hybridized carbons (Fsp3) is 0.294. The standard InChI is InChI=1S/C17H19NO3S/c1-22(21)17-12-7-8-18-10-14(11-5-3-2-4-6-11)13(12)9-15(19)16(17)20/h2-6,9,14,18-20H,7-8,10H2,1H3. The summed E-state index contributed by atoms with van der Waals surface area (Å²) in [5, 5.41) is 23.6. The maximum atomic E-state index is 12.1. The van der Waals surface area contributed by atoms with Crippen LogP contribution in [0.5, 0.6) is 11.5 Å². The number of aromatic hydroxyl groups is 2. The minimum atomic E-state index is -1.36. The average Bonchev–Trinajstić information content (AvgIpc) is 2.71. The molecule has 0 saturated heterocycles. The highest BCUT2D eigenvalue weighted by atomic mass is 32.2. The van der Waals surface area contributed by atoms with Crippen molar-refractivity contribution in [1.82, 2.24) is 5.32 Å². The monoisotopic (exact) mass is 317 g/mol. The molecule has 0 aliphatic carbocycles. The number of phenolic OH excluding ortho intramolecular Hbond substituents is 2. The van der Waals surface area contributed by atoms with Crippen molar-refractivity contribution in [2.75, 3.05) is 19.3 Å². The largest absolute Gasteiger partial charge is 0.504 e. The number of rotatable bonds is 2. The van der Waals surface area contributed by atoms with Gasteiger partial charge in [-0.15, -0.1) is 0 Å². The molecular formula is C17H19NO3S. The molecule has 1 aliphatic heterocycles. The summed E-state index contributed by atoms with van der Waals surface area (Å²) in [6.45, 7) is 1.50. The Morgan fingerprint density at radius 1 is 1.23 bits per heavy atom. The van der Waals surface area contributed by atoms with Crippen molar-refractivity contribution in [2.45, 2.75) is 17.2 Å². The van der Waals surface area contributed by atoms with E-state index >= 15 is 0 Å². The van der Waals surface area contributed by atoms with Crippen molar-refractivity contribution in [3.8, 4) is 11.5 Å². The molecule has 1 aliphatic rings. The predicted molar refractivity (Wildman–Crippen MR) is 87.0 cm³/mol. The number of hydrogen-bond donors (Lipinski definition) is 3. The van der Waals surface area contributed by atoms with Gasteiger partial charge in [0, 0.05) is 18.7 Å². The Hall–Kier alpha value is -1.85. The van der Waals surface area contributed by atoms with Gasteiger partial charge in [-0.3, -0.25) is 4.21 Å². The van der Waals surface area contributed by atoms with Crippen LogP contribution in [0.15, 0.2) is 41.3 Å². The van der Waals surface area contributed by atoms with Gasteiger partial charge in [-0.05, 0) is 35.7 Å². The molecule has 3 rings (SSSR count). The molecule has 0 fully saturated rings. The van der Waals surface area contributed by atoms with Gasteiger partial charge in [-0.25, -0.2) is 0 Å². The van der Waals surface area contributed by atoms with E-state index in [1.165, 1.54) is 6.26 Å². The highest BCUT2D eigenvalue weighted by Gasteiger charge is 2.27. The Labute approximate surface area is 132 Å². The van der Waals surface area contributed by atoms with Gasteiger partial charge in [0.2, 0.25) is 0 Å². The molecule has 116 valence electrons. The van der Waals surface area contributed by atoms with Crippen LogP contribution in [0.3, 0.4) is 0 Å². The van der Waals surface area contributed by atoms with Gasteiger partial charge in [0.1, 0.15) is 0 Å². The quantitative estimate of drug-likeness (QED) is 0.742. The van der Waals surface area contributed by atoms with Crippen LogP contribution in [0, 0.1) is 0 Å². The predicted octanol–water partition coefficient (Wildman–Crippen LogP) is 2.11. The van der Waals surface area contributed by atoms with Gasteiger partial charge in [-0.2, -0.15) is 0 Å². The van der Waals surface area contributed by atoms with E-state index in [4.69, 9.17) is 0 Å². The van der Waals surface area contributed by atoms with Crippen molar-refractivity contribution in [1.29, 1.82) is 0 Å². The average molecular weight is 317 g/mol. The SMILES string of the molecule is CS(=O)c1c(O)c(O)cc2c1CCNCC2c1ccccc1. The second-order valence-corrected chi connectivity index (χ2v) is 6.83. The maximum Gasteiger partial charge on any atom is 0.174 e. The van der Waals surface area contributed by atoms with E-state index < -0.39 is 10.8 Å². The van der Waals surface area contributed by atoms with Gasteiger partial charge < -0.3 is 15.5 Å². The van der Waals surface area contributed by atoms with E-state index in [0.29, 0.717) is 11.3 Å². The van der Waals surface area contributed by atoms with Gasteiger partial charge in [0.05, 0.1) is 15.7 Å². The van der Waals surface area contributed by atoms with Gasteiger partial charge in [-0.1, -0.05) is 30.3 Å². The first-order chi connectivity index (χ1) is 10.6. The van der Waals surface area contributed by atoms with E-state index in [1.54, 1.807) is 6.07 Å². The minimum Gasteiger partial charge on any atom is -0.504 e. The summed E-state index contributed by atoms with van der Waals surface area (Å²) >= 11 is 0. The zero-order valence-electron chi connectivity index (χ0n) is 12.4. The van der Waals surface area contributed by atoms with Crippen LogP contribution in [-0.4, -0.2) is 33.8 Å². The molecule has 2 aromatic carbocycles. The molecule has 2 unspecified atom stereocenters. The topological polar surface area (TPSA) is 69.6 Å². The molecule has 0 spiro atoms. The van der Waals surface area contributed by atoms with Crippen LogP contribution < -0.4 is 5.32 Å². The molecule has 0 aromatic heterocycles. The Morgan fingerprint density at radius 3 is 2.64 bits per heavy atom. The fourth-order valence-corrected chi connectivity index (χ4v) is 4.07. The number of phenols is 2. The summed E-state index contributed by atoms with van der Waals surface area (Å²) in [6.07, 6.45) is 2.21. The molecule has 22 heavy (non-hydrogen) atoms. The molecule has 0 radical (unpaired) electrons. The molecule has 0 amide bonds. The highest BCUT2D eigenvalue weighted by Crippen LogP contribution is 2.41. The third-order valence-electron chi connectivity index (χ3n) is 4.14. The third-order valence-corrected chi connectivity index (χ3v) is 5.15. The molecule has 2 atom stereocenters. The Morgan fingerprint density at radius 2 is 1.95 bits per heavy atom. The van der Waals surface area contributed by atoms with Crippen molar-refractivity contribution < 1.29 is 14.4 Å². The lowest BCUT2D eigenvalue weighted by molar-refractivity contribution is 0.392. The van der Waals surface area contributed by atoms with Crippen LogP contribution >= 0.6 is 0 Å². The van der Waals surface area contributed by atoms with Crippen LogP contribution in [0.25, 0.3) is 0 Å². The second kappa shape index (κ2) is 6.10. The number of nitrogens with one attached hydrogen (secondary N) is 1. The van der Waals surface area contributed by atoms with Gasteiger partial charge in [0.15, 0.2) is 11.5 Å². The first kappa shape index (κ1) is 15.1. The van der Waals surface area contributed by atoms with Gasteiger partial charge >= 0.3 is 0 Å². The van der Waals surface area contributed by atoms with E-state index in [0.717, 1.165) is 29.8 Å². The highest BCUT2D eigenvalue weighted by molar-refractivity contribution is 7.84. The molecule has 3 N–H and O–H groups in total. The van der Waals surface area contributed by atoms with Gasteiger partial charge in [0.25, 0.3) is 0 Å². The van der Waals surface area contributed by atoms with E-state index in [9.17, 15) is 14.4 Å². The molecule has 4 nitrogen and oxygen atoms in total. The van der Waals surface area contributed by atoms with Crippen LogP contribution in [-0.2, 0) is 17.2 Å². The molecule has 0 bridgehead atoms. The number of hydrogen-bond acceptors (Lipinski definition) is 4. The lowest BCUT2D eigenvalue weighted by Crippen LogP contribution is -2.20. The molecule has 2 aromatic rings. The summed E-state index contributed by atoms with van der Waals surface area (Å²) in [5.41, 5.74) is 2.96. The summed E-state index contributed by atoms with van der Waals surface area (Å²) < 4.78 is 12.1. The molecule has 5 heteroatoms. The summed E-state index contributed by atoms with van der Waals surface area (Å²) in [5.74, 6) is -0.396. The van der Waals surface area contributed by atoms with Crippen molar-refractivity contribution in [3.63, 3.8) is 0 Å². The molecule has 1 heterocycles.